The van der Waals surface area contributed by atoms with Crippen LogP contribution in [0.4, 0.5) is 0 Å². The van der Waals surface area contributed by atoms with Crippen LogP contribution >= 0.6 is 12.4 Å². The maximum absolute atomic E-state index is 12.3. The average Bonchev–Trinajstić information content (AvgIpc) is 2.90. The standard InChI is InChI=1S/C19H28N2O2.ClH/c1-4-5-10-18-16(15-9-6-7-11-17(15)23-18)14-21(3)19(22)12-8-13-20-2;/h6-7,9,11,20H,4-5,8,10,12-14H2,1-3H3;1H. The van der Waals surface area contributed by atoms with E-state index < -0.39 is 0 Å². The van der Waals surface area contributed by atoms with Crippen molar-refractivity contribution in [3.63, 3.8) is 0 Å². The average molecular weight is 353 g/mol. The Hall–Kier alpha value is -1.52. The highest BCUT2D eigenvalue weighted by Crippen LogP contribution is 2.28. The summed E-state index contributed by atoms with van der Waals surface area (Å²) < 4.78 is 6.03. The Balaban J connectivity index is 0.00000288. The summed E-state index contributed by atoms with van der Waals surface area (Å²) in [5.41, 5.74) is 2.09. The second kappa shape index (κ2) is 10.4. The molecule has 134 valence electrons. The number of carbonyl (C=O) groups is 1. The number of furan rings is 1. The smallest absolute Gasteiger partial charge is 0.222 e. The van der Waals surface area contributed by atoms with Crippen molar-refractivity contribution in [2.75, 3.05) is 20.6 Å². The quantitative estimate of drug-likeness (QED) is 0.689. The fourth-order valence-electron chi connectivity index (χ4n) is 2.79. The monoisotopic (exact) mass is 352 g/mol. The predicted molar refractivity (Wildman–Crippen MR) is 102 cm³/mol. The molecule has 1 aromatic heterocycles. The zero-order valence-corrected chi connectivity index (χ0v) is 15.7. The number of hydrogen-bond acceptors (Lipinski definition) is 3. The number of rotatable bonds is 9. The fraction of sp³-hybridized carbons (Fsp3) is 0.526. The van der Waals surface area contributed by atoms with Gasteiger partial charge < -0.3 is 14.6 Å². The highest BCUT2D eigenvalue weighted by molar-refractivity contribution is 5.85. The number of halogens is 1. The van der Waals surface area contributed by atoms with E-state index in [1.165, 1.54) is 5.56 Å². The molecule has 1 heterocycles. The highest BCUT2D eigenvalue weighted by atomic mass is 35.5. The number of hydrogen-bond donors (Lipinski definition) is 1. The summed E-state index contributed by atoms with van der Waals surface area (Å²) in [5, 5.41) is 4.21. The van der Waals surface area contributed by atoms with Crippen molar-refractivity contribution in [1.82, 2.24) is 10.2 Å². The van der Waals surface area contributed by atoms with Gasteiger partial charge in [-0.05, 0) is 32.5 Å². The molecule has 0 unspecified atom stereocenters. The lowest BCUT2D eigenvalue weighted by Crippen LogP contribution is -2.27. The molecule has 0 saturated heterocycles. The van der Waals surface area contributed by atoms with E-state index in [2.05, 4.69) is 18.3 Å². The Bertz CT molecular complexity index is 639. The van der Waals surface area contributed by atoms with Crippen molar-refractivity contribution in [3.8, 4) is 0 Å². The van der Waals surface area contributed by atoms with Crippen LogP contribution in [0, 0.1) is 0 Å². The number of carbonyl (C=O) groups excluding carboxylic acids is 1. The minimum absolute atomic E-state index is 0. The molecule has 2 rings (SSSR count). The van der Waals surface area contributed by atoms with Gasteiger partial charge in [0.25, 0.3) is 0 Å². The van der Waals surface area contributed by atoms with Crippen LogP contribution in [0.15, 0.2) is 28.7 Å². The van der Waals surface area contributed by atoms with Gasteiger partial charge in [0.15, 0.2) is 0 Å². The van der Waals surface area contributed by atoms with E-state index in [9.17, 15) is 4.79 Å². The molecule has 0 aliphatic carbocycles. The van der Waals surface area contributed by atoms with Gasteiger partial charge in [-0.1, -0.05) is 31.5 Å². The van der Waals surface area contributed by atoms with Gasteiger partial charge in [0.1, 0.15) is 11.3 Å². The summed E-state index contributed by atoms with van der Waals surface area (Å²) in [6.07, 6.45) is 4.62. The molecular weight excluding hydrogens is 324 g/mol. The zero-order chi connectivity index (χ0) is 16.7. The van der Waals surface area contributed by atoms with Crippen LogP contribution in [-0.2, 0) is 17.8 Å². The lowest BCUT2D eigenvalue weighted by Gasteiger charge is -2.17. The van der Waals surface area contributed by atoms with Gasteiger partial charge in [-0.2, -0.15) is 0 Å². The second-order valence-electron chi connectivity index (χ2n) is 6.06. The minimum atomic E-state index is 0. The van der Waals surface area contributed by atoms with Gasteiger partial charge >= 0.3 is 0 Å². The number of para-hydroxylation sites is 1. The molecular formula is C19H29ClN2O2. The van der Waals surface area contributed by atoms with Gasteiger partial charge in [-0.25, -0.2) is 0 Å². The molecule has 0 bridgehead atoms. The van der Waals surface area contributed by atoms with Gasteiger partial charge in [0, 0.05) is 37.4 Å². The Morgan fingerprint density at radius 2 is 2.00 bits per heavy atom. The first-order valence-corrected chi connectivity index (χ1v) is 8.55. The molecule has 0 atom stereocenters. The Morgan fingerprint density at radius 1 is 1.25 bits per heavy atom. The molecule has 1 N–H and O–H groups in total. The fourth-order valence-corrected chi connectivity index (χ4v) is 2.79. The lowest BCUT2D eigenvalue weighted by molar-refractivity contribution is -0.130. The Kier molecular flexibility index (Phi) is 8.87. The van der Waals surface area contributed by atoms with Crippen molar-refractivity contribution in [3.05, 3.63) is 35.6 Å². The number of benzene rings is 1. The molecule has 0 saturated carbocycles. The van der Waals surface area contributed by atoms with Crippen LogP contribution in [0.2, 0.25) is 0 Å². The molecule has 5 heteroatoms. The van der Waals surface area contributed by atoms with Crippen molar-refractivity contribution in [2.24, 2.45) is 0 Å². The number of fused-ring (bicyclic) bond motifs is 1. The predicted octanol–water partition coefficient (Wildman–Crippen LogP) is 4.16. The van der Waals surface area contributed by atoms with Crippen molar-refractivity contribution in [2.45, 2.75) is 45.6 Å². The maximum Gasteiger partial charge on any atom is 0.222 e. The molecule has 0 aliphatic heterocycles. The number of aryl methyl sites for hydroxylation is 1. The first kappa shape index (κ1) is 20.5. The molecule has 0 spiro atoms. The molecule has 4 nitrogen and oxygen atoms in total. The van der Waals surface area contributed by atoms with Crippen LogP contribution < -0.4 is 5.32 Å². The van der Waals surface area contributed by atoms with E-state index in [4.69, 9.17) is 4.42 Å². The summed E-state index contributed by atoms with van der Waals surface area (Å²) in [5.74, 6) is 1.22. The third-order valence-corrected chi connectivity index (χ3v) is 4.18. The summed E-state index contributed by atoms with van der Waals surface area (Å²) in [6, 6.07) is 8.11. The summed E-state index contributed by atoms with van der Waals surface area (Å²) in [6.45, 7) is 3.67. The lowest BCUT2D eigenvalue weighted by atomic mass is 10.1. The number of unbranched alkanes of at least 4 members (excludes halogenated alkanes) is 1. The third kappa shape index (κ3) is 5.25. The van der Waals surface area contributed by atoms with E-state index >= 15 is 0 Å². The topological polar surface area (TPSA) is 45.5 Å². The van der Waals surface area contributed by atoms with E-state index in [-0.39, 0.29) is 18.3 Å². The van der Waals surface area contributed by atoms with Crippen LogP contribution in [0.1, 0.15) is 43.9 Å². The molecule has 2 aromatic rings. The van der Waals surface area contributed by atoms with Crippen LogP contribution in [0.3, 0.4) is 0 Å². The summed E-state index contributed by atoms with van der Waals surface area (Å²) >= 11 is 0. The normalized spacial score (nSPS) is 10.6. The summed E-state index contributed by atoms with van der Waals surface area (Å²) in [7, 11) is 3.79. The van der Waals surface area contributed by atoms with Crippen LogP contribution in [0.5, 0.6) is 0 Å². The zero-order valence-electron chi connectivity index (χ0n) is 14.9. The van der Waals surface area contributed by atoms with E-state index in [0.29, 0.717) is 13.0 Å². The maximum atomic E-state index is 12.3. The molecule has 0 radical (unpaired) electrons. The highest BCUT2D eigenvalue weighted by Gasteiger charge is 2.17. The number of amides is 1. The van der Waals surface area contributed by atoms with Crippen LogP contribution in [0.25, 0.3) is 11.0 Å². The second-order valence-corrected chi connectivity index (χ2v) is 6.06. The molecule has 0 fully saturated rings. The van der Waals surface area contributed by atoms with Crippen molar-refractivity contribution >= 4 is 29.3 Å². The SMILES string of the molecule is CCCCc1oc2ccccc2c1CN(C)C(=O)CCCNC.Cl. The van der Waals surface area contributed by atoms with Gasteiger partial charge in [-0.3, -0.25) is 4.79 Å². The number of nitrogens with one attached hydrogen (secondary N) is 1. The van der Waals surface area contributed by atoms with Gasteiger partial charge in [-0.15, -0.1) is 12.4 Å². The van der Waals surface area contributed by atoms with E-state index in [1.807, 2.05) is 37.2 Å². The molecule has 0 aliphatic rings. The first-order valence-electron chi connectivity index (χ1n) is 8.55. The van der Waals surface area contributed by atoms with E-state index in [1.54, 1.807) is 0 Å². The largest absolute Gasteiger partial charge is 0.461 e. The Labute approximate surface area is 151 Å². The first-order chi connectivity index (χ1) is 11.2. The minimum Gasteiger partial charge on any atom is -0.461 e. The van der Waals surface area contributed by atoms with Crippen molar-refractivity contribution < 1.29 is 9.21 Å². The van der Waals surface area contributed by atoms with Gasteiger partial charge in [0.2, 0.25) is 5.91 Å². The number of nitrogens with zero attached hydrogens (tertiary/aromatic N) is 1. The summed E-state index contributed by atoms with van der Waals surface area (Å²) in [4.78, 5) is 14.1. The Morgan fingerprint density at radius 3 is 2.71 bits per heavy atom. The van der Waals surface area contributed by atoms with Crippen molar-refractivity contribution in [1.29, 1.82) is 0 Å². The third-order valence-electron chi connectivity index (χ3n) is 4.18. The molecule has 1 amide bonds. The van der Waals surface area contributed by atoms with Gasteiger partial charge in [0.05, 0.1) is 0 Å². The van der Waals surface area contributed by atoms with Crippen LogP contribution in [-0.4, -0.2) is 31.4 Å². The molecule has 1 aromatic carbocycles. The molecule has 24 heavy (non-hydrogen) atoms. The van der Waals surface area contributed by atoms with E-state index in [0.717, 1.165) is 49.0 Å².